The van der Waals surface area contributed by atoms with Crippen molar-refractivity contribution in [3.63, 3.8) is 0 Å². The monoisotopic (exact) mass is 271 g/mol. The van der Waals surface area contributed by atoms with Crippen molar-refractivity contribution in [2.45, 2.75) is 0 Å². The van der Waals surface area contributed by atoms with Crippen LogP contribution in [-0.2, 0) is 0 Å². The zero-order valence-electron chi connectivity index (χ0n) is 9.89. The van der Waals surface area contributed by atoms with Crippen molar-refractivity contribution >= 4 is 32.9 Å². The van der Waals surface area contributed by atoms with Gasteiger partial charge in [0.2, 0.25) is 0 Å². The van der Waals surface area contributed by atoms with E-state index in [1.165, 1.54) is 29.5 Å². The van der Waals surface area contributed by atoms with Crippen LogP contribution in [0.2, 0.25) is 0 Å². The van der Waals surface area contributed by atoms with Gasteiger partial charge in [0, 0.05) is 26.6 Å². The average molecular weight is 271 g/mol. The Bertz CT molecular complexity index is 779. The van der Waals surface area contributed by atoms with E-state index in [1.54, 1.807) is 0 Å². The second-order valence-corrected chi connectivity index (χ2v) is 5.12. The van der Waals surface area contributed by atoms with Gasteiger partial charge < -0.3 is 5.73 Å². The Balaban J connectivity index is 2.11. The predicted octanol–water partition coefficient (Wildman–Crippen LogP) is 3.85. The molecule has 19 heavy (non-hydrogen) atoms. The molecule has 0 amide bonds. The van der Waals surface area contributed by atoms with Gasteiger partial charge in [-0.1, -0.05) is 18.2 Å². The van der Waals surface area contributed by atoms with Crippen LogP contribution in [0.5, 0.6) is 0 Å². The topological polar surface area (TPSA) is 43.1 Å². The van der Waals surface area contributed by atoms with Crippen LogP contribution in [-0.4, -0.2) is 5.78 Å². The molecule has 0 saturated carbocycles. The second kappa shape index (κ2) is 4.48. The van der Waals surface area contributed by atoms with Crippen molar-refractivity contribution in [1.29, 1.82) is 0 Å². The first-order chi connectivity index (χ1) is 9.16. The number of thiophene rings is 1. The van der Waals surface area contributed by atoms with E-state index in [0.29, 0.717) is 11.1 Å². The number of benzene rings is 2. The minimum absolute atomic E-state index is 0.00890. The Kier molecular flexibility index (Phi) is 2.80. The fraction of sp³-hybridized carbons (Fsp3) is 0. The van der Waals surface area contributed by atoms with Crippen LogP contribution in [0.4, 0.5) is 10.1 Å². The first-order valence-corrected chi connectivity index (χ1v) is 6.61. The molecule has 2 N–H and O–H groups in total. The van der Waals surface area contributed by atoms with Crippen LogP contribution in [0.3, 0.4) is 0 Å². The number of halogens is 1. The van der Waals surface area contributed by atoms with Gasteiger partial charge in [0.05, 0.1) is 5.69 Å². The van der Waals surface area contributed by atoms with E-state index in [9.17, 15) is 9.18 Å². The number of nitrogen functional groups attached to an aromatic ring is 1. The lowest BCUT2D eigenvalue weighted by molar-refractivity contribution is 0.104. The lowest BCUT2D eigenvalue weighted by Crippen LogP contribution is -2.02. The van der Waals surface area contributed by atoms with Gasteiger partial charge in [-0.25, -0.2) is 4.39 Å². The van der Waals surface area contributed by atoms with Gasteiger partial charge in [-0.15, -0.1) is 11.3 Å². The van der Waals surface area contributed by atoms with Crippen molar-refractivity contribution in [1.82, 2.24) is 0 Å². The number of anilines is 1. The molecular formula is C15H10FNOS. The van der Waals surface area contributed by atoms with E-state index in [1.807, 2.05) is 29.6 Å². The number of ketones is 1. The number of carbonyl (C=O) groups excluding carboxylic acids is 1. The molecule has 94 valence electrons. The lowest BCUT2D eigenvalue weighted by Gasteiger charge is -2.02. The molecule has 3 rings (SSSR count). The molecule has 0 unspecified atom stereocenters. The number of carbonyl (C=O) groups is 1. The van der Waals surface area contributed by atoms with Gasteiger partial charge in [0.15, 0.2) is 5.78 Å². The molecule has 0 fully saturated rings. The molecule has 1 heterocycles. The maximum atomic E-state index is 13.1. The van der Waals surface area contributed by atoms with Crippen molar-refractivity contribution in [3.8, 4) is 0 Å². The van der Waals surface area contributed by atoms with E-state index in [-0.39, 0.29) is 11.5 Å². The largest absolute Gasteiger partial charge is 0.396 e. The van der Waals surface area contributed by atoms with Crippen LogP contribution in [0, 0.1) is 5.82 Å². The summed E-state index contributed by atoms with van der Waals surface area (Å²) in [5, 5.41) is 2.74. The first kappa shape index (κ1) is 11.9. The lowest BCUT2D eigenvalue weighted by atomic mass is 10.0. The molecule has 0 aliphatic heterocycles. The van der Waals surface area contributed by atoms with E-state index < -0.39 is 5.82 Å². The summed E-state index contributed by atoms with van der Waals surface area (Å²) in [7, 11) is 0. The smallest absolute Gasteiger partial charge is 0.194 e. The van der Waals surface area contributed by atoms with Crippen molar-refractivity contribution in [3.05, 3.63) is 64.8 Å². The molecule has 4 heteroatoms. The third kappa shape index (κ3) is 2.00. The second-order valence-electron chi connectivity index (χ2n) is 4.21. The number of hydrogen-bond donors (Lipinski definition) is 1. The molecule has 0 aliphatic carbocycles. The quantitative estimate of drug-likeness (QED) is 0.568. The molecule has 0 saturated heterocycles. The summed E-state index contributed by atoms with van der Waals surface area (Å²) in [5.74, 6) is -0.643. The van der Waals surface area contributed by atoms with Gasteiger partial charge in [0.1, 0.15) is 5.82 Å². The Morgan fingerprint density at radius 3 is 2.74 bits per heavy atom. The highest BCUT2D eigenvalue weighted by Gasteiger charge is 2.15. The number of rotatable bonds is 2. The van der Waals surface area contributed by atoms with Crippen molar-refractivity contribution in [2.24, 2.45) is 0 Å². The van der Waals surface area contributed by atoms with Crippen LogP contribution >= 0.6 is 11.3 Å². The number of fused-ring (bicyclic) bond motifs is 1. The van der Waals surface area contributed by atoms with Gasteiger partial charge in [-0.05, 0) is 24.3 Å². The third-order valence-electron chi connectivity index (χ3n) is 2.98. The van der Waals surface area contributed by atoms with Gasteiger partial charge in [-0.2, -0.15) is 0 Å². The highest BCUT2D eigenvalue weighted by atomic mass is 32.1. The van der Waals surface area contributed by atoms with Crippen LogP contribution in [0.15, 0.2) is 47.8 Å². The summed E-state index contributed by atoms with van der Waals surface area (Å²) < 4.78 is 14.2. The third-order valence-corrected chi connectivity index (χ3v) is 3.95. The average Bonchev–Trinajstić information content (AvgIpc) is 2.85. The molecule has 3 aromatic rings. The molecule has 0 radical (unpaired) electrons. The summed E-state index contributed by atoms with van der Waals surface area (Å²) >= 11 is 1.52. The summed E-state index contributed by atoms with van der Waals surface area (Å²) in [5.41, 5.74) is 6.53. The van der Waals surface area contributed by atoms with E-state index >= 15 is 0 Å². The molecule has 0 aliphatic rings. The maximum Gasteiger partial charge on any atom is 0.194 e. The summed E-state index contributed by atoms with van der Waals surface area (Å²) in [6.45, 7) is 0. The summed E-state index contributed by atoms with van der Waals surface area (Å²) in [6, 6.07) is 11.8. The zero-order valence-corrected chi connectivity index (χ0v) is 10.7. The fourth-order valence-electron chi connectivity index (χ4n) is 1.99. The highest BCUT2D eigenvalue weighted by molar-refractivity contribution is 7.17. The fourth-order valence-corrected chi connectivity index (χ4v) is 2.94. The molecule has 0 spiro atoms. The number of nitrogens with two attached hydrogens (primary N) is 1. The van der Waals surface area contributed by atoms with E-state index in [0.717, 1.165) is 10.1 Å². The van der Waals surface area contributed by atoms with Gasteiger partial charge in [0.25, 0.3) is 0 Å². The van der Waals surface area contributed by atoms with Crippen LogP contribution in [0.1, 0.15) is 15.9 Å². The van der Waals surface area contributed by atoms with E-state index in [2.05, 4.69) is 0 Å². The number of hydrogen-bond acceptors (Lipinski definition) is 3. The zero-order chi connectivity index (χ0) is 13.4. The van der Waals surface area contributed by atoms with Gasteiger partial charge >= 0.3 is 0 Å². The highest BCUT2D eigenvalue weighted by Crippen LogP contribution is 2.28. The Morgan fingerprint density at radius 1 is 1.16 bits per heavy atom. The Morgan fingerprint density at radius 2 is 1.95 bits per heavy atom. The SMILES string of the molecule is Nc1cc(C(=O)c2csc3ccccc23)ccc1F. The van der Waals surface area contributed by atoms with Crippen molar-refractivity contribution in [2.75, 3.05) is 5.73 Å². The van der Waals surface area contributed by atoms with Gasteiger partial charge in [-0.3, -0.25) is 4.79 Å². The van der Waals surface area contributed by atoms with Crippen molar-refractivity contribution < 1.29 is 9.18 Å². The molecule has 2 aromatic carbocycles. The predicted molar refractivity (Wildman–Crippen MR) is 76.1 cm³/mol. The summed E-state index contributed by atoms with van der Waals surface area (Å²) in [4.78, 5) is 12.4. The minimum atomic E-state index is -0.508. The van der Waals surface area contributed by atoms with E-state index in [4.69, 9.17) is 5.73 Å². The molecule has 0 atom stereocenters. The molecule has 1 aromatic heterocycles. The normalized spacial score (nSPS) is 10.8. The standard InChI is InChI=1S/C15H10FNOS/c16-12-6-5-9(7-13(12)17)15(18)11-8-19-14-4-2-1-3-10(11)14/h1-8H,17H2. The van der Waals surface area contributed by atoms with Crippen LogP contribution in [0.25, 0.3) is 10.1 Å². The maximum absolute atomic E-state index is 13.1. The van der Waals surface area contributed by atoms with Crippen LogP contribution < -0.4 is 5.73 Å². The molecular weight excluding hydrogens is 261 g/mol. The summed E-state index contributed by atoms with van der Waals surface area (Å²) in [6.07, 6.45) is 0. The molecule has 0 bridgehead atoms. The first-order valence-electron chi connectivity index (χ1n) is 5.73. The minimum Gasteiger partial charge on any atom is -0.396 e. The Hall–Kier alpha value is -2.20. The Labute approximate surface area is 113 Å². The molecule has 2 nitrogen and oxygen atoms in total.